The van der Waals surface area contributed by atoms with E-state index >= 15 is 0 Å². The van der Waals surface area contributed by atoms with Gasteiger partial charge in [-0.2, -0.15) is 0 Å². The fourth-order valence-electron chi connectivity index (χ4n) is 3.18. The van der Waals surface area contributed by atoms with Crippen LogP contribution in [0.25, 0.3) is 0 Å². The quantitative estimate of drug-likeness (QED) is 0.453. The number of nitrogens with one attached hydrogen (secondary N) is 2. The van der Waals surface area contributed by atoms with E-state index in [-0.39, 0.29) is 0 Å². The average molecular weight is 388 g/mol. The molecule has 0 amide bonds. The molecule has 1 aliphatic rings. The van der Waals surface area contributed by atoms with Crippen molar-refractivity contribution in [1.29, 1.82) is 0 Å². The van der Waals surface area contributed by atoms with E-state index in [1.807, 2.05) is 30.3 Å². The third-order valence-corrected chi connectivity index (χ3v) is 4.80. The summed E-state index contributed by atoms with van der Waals surface area (Å²) in [6.07, 6.45) is 5.66. The molecule has 1 unspecified atom stereocenters. The zero-order valence-electron chi connectivity index (χ0n) is 15.6. The van der Waals surface area contributed by atoms with E-state index < -0.39 is 0 Å². The van der Waals surface area contributed by atoms with Gasteiger partial charge in [0.05, 0.1) is 23.5 Å². The number of hydrogen-bond donors (Lipinski definition) is 2. The lowest BCUT2D eigenvalue weighted by molar-refractivity contribution is 0.320. The molecule has 3 rings (SSSR count). The molecule has 2 heterocycles. The molecule has 1 saturated heterocycles. The molecular weight excluding hydrogens is 362 g/mol. The van der Waals surface area contributed by atoms with Crippen LogP contribution in [0.5, 0.6) is 5.75 Å². The summed E-state index contributed by atoms with van der Waals surface area (Å²) >= 11 is 6.36. The number of hydrogen-bond acceptors (Lipinski definition) is 4. The first-order valence-electron chi connectivity index (χ1n) is 9.26. The topological polar surface area (TPSA) is 61.8 Å². The van der Waals surface area contributed by atoms with Crippen LogP contribution in [0.2, 0.25) is 5.02 Å². The molecule has 2 aromatic rings. The Balaban J connectivity index is 1.45. The third kappa shape index (κ3) is 5.76. The van der Waals surface area contributed by atoms with Gasteiger partial charge >= 0.3 is 0 Å². The Bertz CT molecular complexity index is 740. The number of guanidine groups is 1. The Morgan fingerprint density at radius 2 is 2.22 bits per heavy atom. The van der Waals surface area contributed by atoms with E-state index in [0.29, 0.717) is 19.2 Å². The van der Waals surface area contributed by atoms with E-state index in [9.17, 15) is 0 Å². The SMILES string of the molecule is CN=C(NCCOc1cccnc1)NC1CCCN(c2ccccc2Cl)C1. The number of aliphatic imine (C=N–C) groups is 1. The number of halogens is 1. The molecule has 6 nitrogen and oxygen atoms in total. The number of benzene rings is 1. The Kier molecular flexibility index (Phi) is 7.16. The van der Waals surface area contributed by atoms with Gasteiger partial charge in [-0.3, -0.25) is 9.98 Å². The highest BCUT2D eigenvalue weighted by Gasteiger charge is 2.22. The van der Waals surface area contributed by atoms with E-state index in [2.05, 4.69) is 31.6 Å². The second kappa shape index (κ2) is 10.0. The molecule has 27 heavy (non-hydrogen) atoms. The van der Waals surface area contributed by atoms with Crippen LogP contribution in [0.3, 0.4) is 0 Å². The fourth-order valence-corrected chi connectivity index (χ4v) is 3.44. The molecule has 2 N–H and O–H groups in total. The highest BCUT2D eigenvalue weighted by atomic mass is 35.5. The van der Waals surface area contributed by atoms with E-state index in [1.54, 1.807) is 19.4 Å². The lowest BCUT2D eigenvalue weighted by Crippen LogP contribution is -2.51. The van der Waals surface area contributed by atoms with Crippen molar-refractivity contribution in [2.45, 2.75) is 18.9 Å². The highest BCUT2D eigenvalue weighted by molar-refractivity contribution is 6.33. The largest absolute Gasteiger partial charge is 0.490 e. The van der Waals surface area contributed by atoms with Gasteiger partial charge in [0, 0.05) is 32.4 Å². The Morgan fingerprint density at radius 1 is 1.33 bits per heavy atom. The maximum absolute atomic E-state index is 6.36. The Labute approximate surface area is 165 Å². The summed E-state index contributed by atoms with van der Waals surface area (Å²) in [7, 11) is 1.78. The fraction of sp³-hybridized carbons (Fsp3) is 0.400. The minimum atomic E-state index is 0.320. The first-order chi connectivity index (χ1) is 13.3. The van der Waals surface area contributed by atoms with Gasteiger partial charge in [0.2, 0.25) is 0 Å². The van der Waals surface area contributed by atoms with Crippen LogP contribution < -0.4 is 20.3 Å². The molecule has 1 aliphatic heterocycles. The number of para-hydroxylation sites is 1. The number of pyridine rings is 1. The molecule has 0 radical (unpaired) electrons. The monoisotopic (exact) mass is 387 g/mol. The third-order valence-electron chi connectivity index (χ3n) is 4.48. The molecule has 0 saturated carbocycles. The average Bonchev–Trinajstić information content (AvgIpc) is 2.71. The molecular formula is C20H26ClN5O. The molecule has 0 spiro atoms. The van der Waals surface area contributed by atoms with Crippen molar-refractivity contribution in [3.63, 3.8) is 0 Å². The van der Waals surface area contributed by atoms with Crippen molar-refractivity contribution < 1.29 is 4.74 Å². The standard InChI is InChI=1S/C20H26ClN5O/c1-22-20(24-11-13-27-17-7-4-10-23-14-17)25-16-6-5-12-26(15-16)19-9-3-2-8-18(19)21/h2-4,7-10,14,16H,5-6,11-13,15H2,1H3,(H2,22,24,25). The summed E-state index contributed by atoms with van der Waals surface area (Å²) in [4.78, 5) is 10.7. The van der Waals surface area contributed by atoms with Gasteiger partial charge < -0.3 is 20.3 Å². The van der Waals surface area contributed by atoms with Crippen LogP contribution in [0.1, 0.15) is 12.8 Å². The predicted molar refractivity (Wildman–Crippen MR) is 111 cm³/mol. The van der Waals surface area contributed by atoms with Gasteiger partial charge in [-0.15, -0.1) is 0 Å². The number of aromatic nitrogens is 1. The van der Waals surface area contributed by atoms with Gasteiger partial charge in [-0.05, 0) is 37.1 Å². The van der Waals surface area contributed by atoms with Crippen molar-refractivity contribution >= 4 is 23.2 Å². The zero-order chi connectivity index (χ0) is 18.9. The van der Waals surface area contributed by atoms with Crippen LogP contribution in [0, 0.1) is 0 Å². The lowest BCUT2D eigenvalue weighted by Gasteiger charge is -2.35. The molecule has 1 fully saturated rings. The van der Waals surface area contributed by atoms with Gasteiger partial charge in [0.15, 0.2) is 5.96 Å². The van der Waals surface area contributed by atoms with E-state index in [4.69, 9.17) is 16.3 Å². The number of piperidine rings is 1. The summed E-state index contributed by atoms with van der Waals surface area (Å²) in [6.45, 7) is 3.13. The highest BCUT2D eigenvalue weighted by Crippen LogP contribution is 2.27. The smallest absolute Gasteiger partial charge is 0.191 e. The number of rotatable bonds is 6. The van der Waals surface area contributed by atoms with Gasteiger partial charge in [0.25, 0.3) is 0 Å². The zero-order valence-corrected chi connectivity index (χ0v) is 16.3. The van der Waals surface area contributed by atoms with Crippen molar-refractivity contribution in [2.24, 2.45) is 4.99 Å². The van der Waals surface area contributed by atoms with E-state index in [0.717, 1.165) is 48.4 Å². The second-order valence-corrected chi connectivity index (χ2v) is 6.82. The summed E-state index contributed by atoms with van der Waals surface area (Å²) in [5.74, 6) is 1.56. The molecule has 1 aromatic heterocycles. The minimum absolute atomic E-state index is 0.320. The minimum Gasteiger partial charge on any atom is -0.490 e. The van der Waals surface area contributed by atoms with Crippen molar-refractivity contribution in [3.8, 4) is 5.75 Å². The molecule has 144 valence electrons. The Hall–Kier alpha value is -2.47. The van der Waals surface area contributed by atoms with Crippen LogP contribution in [-0.4, -0.2) is 50.3 Å². The number of ether oxygens (including phenoxy) is 1. The maximum atomic E-state index is 6.36. The summed E-state index contributed by atoms with van der Waals surface area (Å²) in [5, 5.41) is 7.61. The van der Waals surface area contributed by atoms with Gasteiger partial charge in [0.1, 0.15) is 12.4 Å². The van der Waals surface area contributed by atoms with Crippen LogP contribution in [-0.2, 0) is 0 Å². The molecule has 1 aromatic carbocycles. The van der Waals surface area contributed by atoms with Crippen molar-refractivity contribution in [2.75, 3.05) is 38.2 Å². The van der Waals surface area contributed by atoms with Crippen molar-refractivity contribution in [1.82, 2.24) is 15.6 Å². The molecule has 0 bridgehead atoms. The van der Waals surface area contributed by atoms with Crippen LogP contribution in [0.4, 0.5) is 5.69 Å². The Morgan fingerprint density at radius 3 is 3.00 bits per heavy atom. The number of anilines is 1. The number of nitrogens with zero attached hydrogens (tertiary/aromatic N) is 3. The van der Waals surface area contributed by atoms with E-state index in [1.165, 1.54) is 0 Å². The lowest BCUT2D eigenvalue weighted by atomic mass is 10.0. The van der Waals surface area contributed by atoms with Crippen molar-refractivity contribution in [3.05, 3.63) is 53.8 Å². The molecule has 0 aliphatic carbocycles. The second-order valence-electron chi connectivity index (χ2n) is 6.42. The normalized spacial score (nSPS) is 17.5. The van der Waals surface area contributed by atoms with Gasteiger partial charge in [-0.1, -0.05) is 23.7 Å². The maximum Gasteiger partial charge on any atom is 0.191 e. The predicted octanol–water partition coefficient (Wildman–Crippen LogP) is 2.95. The summed E-state index contributed by atoms with van der Waals surface area (Å²) in [6, 6.07) is 12.1. The van der Waals surface area contributed by atoms with Gasteiger partial charge in [-0.25, -0.2) is 0 Å². The summed E-state index contributed by atoms with van der Waals surface area (Å²) < 4.78 is 5.65. The van der Waals surface area contributed by atoms with Crippen LogP contribution >= 0.6 is 11.6 Å². The van der Waals surface area contributed by atoms with Crippen LogP contribution in [0.15, 0.2) is 53.8 Å². The molecule has 7 heteroatoms. The first-order valence-corrected chi connectivity index (χ1v) is 9.63. The first kappa shape index (κ1) is 19.3. The summed E-state index contributed by atoms with van der Waals surface area (Å²) in [5.41, 5.74) is 1.10. The molecule has 1 atom stereocenters.